The van der Waals surface area contributed by atoms with Crippen LogP contribution in [0, 0.1) is 0 Å². The zero-order valence-corrected chi connectivity index (χ0v) is 26.8. The number of hydrogen-bond donors (Lipinski definition) is 0. The summed E-state index contributed by atoms with van der Waals surface area (Å²) < 4.78 is 0. The predicted molar refractivity (Wildman–Crippen MR) is 201 cm³/mol. The highest BCUT2D eigenvalue weighted by atomic mass is 15.1. The SMILES string of the molecule is c1ccc(-c2cc(-c3ccc(-c4ccc(-c5nc(-c6ccccn6)nc(-c6ccccn6)n5)cc4)cc3)c3c(ccc4ccccc43)n2)cc1. The van der Waals surface area contributed by atoms with Crippen molar-refractivity contribution in [3.63, 3.8) is 0 Å². The molecule has 0 amide bonds. The summed E-state index contributed by atoms with van der Waals surface area (Å²) in [5, 5.41) is 3.56. The van der Waals surface area contributed by atoms with Crippen LogP contribution in [0.2, 0.25) is 0 Å². The highest BCUT2D eigenvalue weighted by molar-refractivity contribution is 6.13. The molecule has 0 saturated carbocycles. The van der Waals surface area contributed by atoms with Crippen LogP contribution in [0.4, 0.5) is 0 Å². The molecule has 9 aromatic rings. The molecule has 0 aliphatic heterocycles. The predicted octanol–water partition coefficient (Wildman–Crippen LogP) is 10.4. The second kappa shape index (κ2) is 12.6. The van der Waals surface area contributed by atoms with Crippen LogP contribution >= 0.6 is 0 Å². The zero-order chi connectivity index (χ0) is 33.3. The van der Waals surface area contributed by atoms with Crippen molar-refractivity contribution in [3.8, 4) is 67.9 Å². The van der Waals surface area contributed by atoms with Gasteiger partial charge in [-0.1, -0.05) is 121 Å². The molecule has 6 heteroatoms. The molecule has 9 rings (SSSR count). The van der Waals surface area contributed by atoms with E-state index >= 15 is 0 Å². The Morgan fingerprint density at radius 1 is 0.340 bits per heavy atom. The Hall–Kier alpha value is -6.92. The minimum absolute atomic E-state index is 0.503. The highest BCUT2D eigenvalue weighted by Gasteiger charge is 2.15. The van der Waals surface area contributed by atoms with Gasteiger partial charge in [-0.05, 0) is 69.4 Å². The number of nitrogens with zero attached hydrogens (tertiary/aromatic N) is 6. The molecular formula is C44H28N6. The molecule has 50 heavy (non-hydrogen) atoms. The first-order valence-electron chi connectivity index (χ1n) is 16.4. The van der Waals surface area contributed by atoms with E-state index in [2.05, 4.69) is 125 Å². The average molecular weight is 641 g/mol. The van der Waals surface area contributed by atoms with Gasteiger partial charge in [-0.15, -0.1) is 0 Å². The van der Waals surface area contributed by atoms with Gasteiger partial charge in [0.15, 0.2) is 17.5 Å². The quantitative estimate of drug-likeness (QED) is 0.168. The van der Waals surface area contributed by atoms with Gasteiger partial charge in [0.05, 0.1) is 11.2 Å². The number of aromatic nitrogens is 6. The van der Waals surface area contributed by atoms with Crippen molar-refractivity contribution in [1.29, 1.82) is 0 Å². The summed E-state index contributed by atoms with van der Waals surface area (Å²) in [5.41, 5.74) is 9.78. The summed E-state index contributed by atoms with van der Waals surface area (Å²) >= 11 is 0. The molecule has 4 heterocycles. The lowest BCUT2D eigenvalue weighted by atomic mass is 9.93. The molecule has 0 spiro atoms. The van der Waals surface area contributed by atoms with E-state index in [4.69, 9.17) is 19.9 Å². The Morgan fingerprint density at radius 3 is 1.54 bits per heavy atom. The third-order valence-electron chi connectivity index (χ3n) is 8.86. The van der Waals surface area contributed by atoms with Crippen molar-refractivity contribution in [2.45, 2.75) is 0 Å². The van der Waals surface area contributed by atoms with Crippen LogP contribution in [0.15, 0.2) is 170 Å². The molecule has 234 valence electrons. The first-order chi connectivity index (χ1) is 24.8. The van der Waals surface area contributed by atoms with Crippen molar-refractivity contribution in [2.75, 3.05) is 0 Å². The van der Waals surface area contributed by atoms with E-state index in [9.17, 15) is 0 Å². The van der Waals surface area contributed by atoms with Crippen LogP contribution < -0.4 is 0 Å². The van der Waals surface area contributed by atoms with Gasteiger partial charge in [-0.2, -0.15) is 0 Å². The van der Waals surface area contributed by atoms with Gasteiger partial charge in [-0.25, -0.2) is 19.9 Å². The van der Waals surface area contributed by atoms with Crippen LogP contribution in [-0.2, 0) is 0 Å². The van der Waals surface area contributed by atoms with Gasteiger partial charge >= 0.3 is 0 Å². The van der Waals surface area contributed by atoms with Crippen LogP contribution in [0.3, 0.4) is 0 Å². The third kappa shape index (κ3) is 5.55. The molecule has 0 N–H and O–H groups in total. The Labute approximate surface area is 288 Å². The molecule has 0 radical (unpaired) electrons. The van der Waals surface area contributed by atoms with E-state index < -0.39 is 0 Å². The largest absolute Gasteiger partial charge is 0.253 e. The number of rotatable bonds is 6. The van der Waals surface area contributed by atoms with E-state index in [1.54, 1.807) is 12.4 Å². The van der Waals surface area contributed by atoms with Gasteiger partial charge in [0.25, 0.3) is 0 Å². The van der Waals surface area contributed by atoms with Gasteiger partial charge in [0.1, 0.15) is 11.4 Å². The molecule has 0 aliphatic carbocycles. The minimum atomic E-state index is 0.503. The zero-order valence-electron chi connectivity index (χ0n) is 26.8. The molecule has 4 aromatic heterocycles. The molecule has 0 aliphatic rings. The Bertz CT molecular complexity index is 2550. The summed E-state index contributed by atoms with van der Waals surface area (Å²) in [6.07, 6.45) is 3.47. The topological polar surface area (TPSA) is 77.3 Å². The summed E-state index contributed by atoms with van der Waals surface area (Å²) in [7, 11) is 0. The van der Waals surface area contributed by atoms with Crippen LogP contribution in [0.25, 0.3) is 89.6 Å². The van der Waals surface area contributed by atoms with E-state index in [1.807, 2.05) is 42.5 Å². The highest BCUT2D eigenvalue weighted by Crippen LogP contribution is 2.37. The van der Waals surface area contributed by atoms with E-state index in [0.29, 0.717) is 28.9 Å². The van der Waals surface area contributed by atoms with E-state index in [-0.39, 0.29) is 0 Å². The van der Waals surface area contributed by atoms with Crippen molar-refractivity contribution >= 4 is 21.7 Å². The Balaban J connectivity index is 1.09. The summed E-state index contributed by atoms with van der Waals surface area (Å²) in [4.78, 5) is 28.4. The minimum Gasteiger partial charge on any atom is -0.253 e. The number of fused-ring (bicyclic) bond motifs is 3. The maximum Gasteiger partial charge on any atom is 0.182 e. The maximum absolute atomic E-state index is 5.10. The normalized spacial score (nSPS) is 11.2. The monoisotopic (exact) mass is 640 g/mol. The van der Waals surface area contributed by atoms with Gasteiger partial charge < -0.3 is 0 Å². The number of pyridine rings is 3. The van der Waals surface area contributed by atoms with Gasteiger partial charge in [-0.3, -0.25) is 9.97 Å². The second-order valence-corrected chi connectivity index (χ2v) is 12.0. The fraction of sp³-hybridized carbons (Fsp3) is 0. The fourth-order valence-electron chi connectivity index (χ4n) is 6.37. The van der Waals surface area contributed by atoms with Gasteiger partial charge in [0, 0.05) is 28.9 Å². The standard InChI is InChI=1S/C44H28N6/c1-2-11-33(12-3-1)40-28-36(41-35-13-5-4-10-31(35)24-25-37(41)47-40)32-20-16-29(17-21-32)30-18-22-34(23-19-30)42-48-43(38-14-6-8-26-45-38)50-44(49-42)39-15-7-9-27-46-39/h1-28H. The molecule has 0 bridgehead atoms. The van der Waals surface area contributed by atoms with Crippen molar-refractivity contribution in [1.82, 2.24) is 29.9 Å². The van der Waals surface area contributed by atoms with Crippen LogP contribution in [0.1, 0.15) is 0 Å². The van der Waals surface area contributed by atoms with Crippen LogP contribution in [-0.4, -0.2) is 29.9 Å². The van der Waals surface area contributed by atoms with E-state index in [0.717, 1.165) is 50.0 Å². The summed E-state index contributed by atoms with van der Waals surface area (Å²) in [5.74, 6) is 1.57. The van der Waals surface area contributed by atoms with Crippen molar-refractivity contribution in [2.24, 2.45) is 0 Å². The van der Waals surface area contributed by atoms with Gasteiger partial charge in [0.2, 0.25) is 0 Å². The average Bonchev–Trinajstić information content (AvgIpc) is 3.21. The maximum atomic E-state index is 5.10. The van der Waals surface area contributed by atoms with Crippen molar-refractivity contribution < 1.29 is 0 Å². The lowest BCUT2D eigenvalue weighted by Gasteiger charge is -2.14. The summed E-state index contributed by atoms with van der Waals surface area (Å²) in [6.45, 7) is 0. The first-order valence-corrected chi connectivity index (χ1v) is 16.4. The van der Waals surface area contributed by atoms with E-state index in [1.165, 1.54) is 10.8 Å². The second-order valence-electron chi connectivity index (χ2n) is 12.0. The number of hydrogen-bond acceptors (Lipinski definition) is 6. The van der Waals surface area contributed by atoms with Crippen molar-refractivity contribution in [3.05, 3.63) is 170 Å². The fourth-order valence-corrected chi connectivity index (χ4v) is 6.37. The molecule has 0 atom stereocenters. The Kier molecular flexibility index (Phi) is 7.37. The molecule has 0 fully saturated rings. The Morgan fingerprint density at radius 2 is 0.900 bits per heavy atom. The molecule has 6 nitrogen and oxygen atoms in total. The molecular weight excluding hydrogens is 613 g/mol. The third-order valence-corrected chi connectivity index (χ3v) is 8.86. The summed E-state index contributed by atoms with van der Waals surface area (Å²) in [6, 6.07) is 53.9. The van der Waals surface area contributed by atoms with Crippen LogP contribution in [0.5, 0.6) is 0 Å². The number of benzene rings is 5. The smallest absolute Gasteiger partial charge is 0.182 e. The molecule has 5 aromatic carbocycles. The molecule has 0 saturated heterocycles. The first kappa shape index (κ1) is 29.2. The lowest BCUT2D eigenvalue weighted by Crippen LogP contribution is -2.01. The molecule has 0 unspecified atom stereocenters. The lowest BCUT2D eigenvalue weighted by molar-refractivity contribution is 1.05.